The molecule has 0 aromatic rings. The number of hydrogen-bond donors (Lipinski definition) is 1. The zero-order valence-corrected chi connectivity index (χ0v) is 6.83. The standard InChI is InChI=1S/C8H13FO3/c9-7(8(10)11)12-6-4-2-1-3-5-6/h6-7H,1-5H2,(H,10,11). The molecule has 1 unspecified atom stereocenters. The monoisotopic (exact) mass is 176 g/mol. The molecule has 1 fully saturated rings. The average Bonchev–Trinajstić information content (AvgIpc) is 2.06. The fourth-order valence-corrected chi connectivity index (χ4v) is 1.43. The van der Waals surface area contributed by atoms with Crippen LogP contribution in [0.15, 0.2) is 0 Å². The Morgan fingerprint density at radius 1 is 1.42 bits per heavy atom. The van der Waals surface area contributed by atoms with Gasteiger partial charge in [0.2, 0.25) is 0 Å². The van der Waals surface area contributed by atoms with Crippen molar-refractivity contribution in [3.63, 3.8) is 0 Å². The van der Waals surface area contributed by atoms with Crippen molar-refractivity contribution in [1.29, 1.82) is 0 Å². The number of aliphatic carboxylic acids is 1. The van der Waals surface area contributed by atoms with Gasteiger partial charge in [-0.05, 0) is 12.8 Å². The van der Waals surface area contributed by atoms with Gasteiger partial charge in [0.15, 0.2) is 0 Å². The molecule has 1 aliphatic carbocycles. The zero-order valence-electron chi connectivity index (χ0n) is 6.83. The van der Waals surface area contributed by atoms with Crippen molar-refractivity contribution in [2.75, 3.05) is 0 Å². The number of carbonyl (C=O) groups is 1. The highest BCUT2D eigenvalue weighted by Crippen LogP contribution is 2.21. The van der Waals surface area contributed by atoms with Gasteiger partial charge in [0.1, 0.15) is 0 Å². The smallest absolute Gasteiger partial charge is 0.366 e. The van der Waals surface area contributed by atoms with Crippen LogP contribution >= 0.6 is 0 Å². The molecule has 0 radical (unpaired) electrons. The maximum Gasteiger partial charge on any atom is 0.366 e. The summed E-state index contributed by atoms with van der Waals surface area (Å²) in [5, 5.41) is 8.21. The molecule has 3 nitrogen and oxygen atoms in total. The quantitative estimate of drug-likeness (QED) is 0.712. The Morgan fingerprint density at radius 2 is 2.00 bits per heavy atom. The number of alkyl halides is 1. The Kier molecular flexibility index (Phi) is 3.47. The fourth-order valence-electron chi connectivity index (χ4n) is 1.43. The van der Waals surface area contributed by atoms with Crippen LogP contribution in [0.2, 0.25) is 0 Å². The number of carboxylic acids is 1. The van der Waals surface area contributed by atoms with E-state index < -0.39 is 12.3 Å². The second-order valence-corrected chi connectivity index (χ2v) is 3.05. The van der Waals surface area contributed by atoms with Crippen molar-refractivity contribution < 1.29 is 19.0 Å². The molecule has 1 saturated carbocycles. The van der Waals surface area contributed by atoms with E-state index in [9.17, 15) is 9.18 Å². The highest BCUT2D eigenvalue weighted by atomic mass is 19.1. The number of hydrogen-bond acceptors (Lipinski definition) is 2. The van der Waals surface area contributed by atoms with Crippen molar-refractivity contribution in [2.24, 2.45) is 0 Å². The van der Waals surface area contributed by atoms with Crippen molar-refractivity contribution in [3.8, 4) is 0 Å². The van der Waals surface area contributed by atoms with Gasteiger partial charge in [0, 0.05) is 0 Å². The van der Waals surface area contributed by atoms with E-state index >= 15 is 0 Å². The van der Waals surface area contributed by atoms with Crippen molar-refractivity contribution in [3.05, 3.63) is 0 Å². The summed E-state index contributed by atoms with van der Waals surface area (Å²) < 4.78 is 17.2. The van der Waals surface area contributed by atoms with Crippen LogP contribution < -0.4 is 0 Å². The number of halogens is 1. The topological polar surface area (TPSA) is 46.5 Å². The molecule has 0 aliphatic heterocycles. The van der Waals surface area contributed by atoms with Crippen LogP contribution in [0.25, 0.3) is 0 Å². The molecular weight excluding hydrogens is 163 g/mol. The molecule has 0 aromatic heterocycles. The molecule has 1 rings (SSSR count). The molecule has 0 saturated heterocycles. The van der Waals surface area contributed by atoms with E-state index in [1.165, 1.54) is 0 Å². The van der Waals surface area contributed by atoms with Gasteiger partial charge in [-0.15, -0.1) is 0 Å². The normalized spacial score (nSPS) is 22.1. The third-order valence-corrected chi connectivity index (χ3v) is 2.06. The summed E-state index contributed by atoms with van der Waals surface area (Å²) in [5.41, 5.74) is 0. The van der Waals surface area contributed by atoms with Gasteiger partial charge < -0.3 is 9.84 Å². The van der Waals surface area contributed by atoms with E-state index in [4.69, 9.17) is 5.11 Å². The highest BCUT2D eigenvalue weighted by molar-refractivity contribution is 5.70. The second kappa shape index (κ2) is 4.40. The van der Waals surface area contributed by atoms with Crippen LogP contribution in [0.1, 0.15) is 32.1 Å². The largest absolute Gasteiger partial charge is 0.477 e. The van der Waals surface area contributed by atoms with Crippen molar-refractivity contribution >= 4 is 5.97 Å². The van der Waals surface area contributed by atoms with Crippen LogP contribution in [0.4, 0.5) is 4.39 Å². The fraction of sp³-hybridized carbons (Fsp3) is 0.875. The molecule has 0 bridgehead atoms. The molecule has 0 heterocycles. The number of ether oxygens (including phenoxy) is 1. The van der Waals surface area contributed by atoms with E-state index in [1.807, 2.05) is 0 Å². The summed E-state index contributed by atoms with van der Waals surface area (Å²) in [7, 11) is 0. The molecular formula is C8H13FO3. The maximum atomic E-state index is 12.5. The van der Waals surface area contributed by atoms with Crippen LogP contribution in [0.5, 0.6) is 0 Å². The Balaban J connectivity index is 2.24. The molecule has 1 atom stereocenters. The number of rotatable bonds is 3. The first-order valence-electron chi connectivity index (χ1n) is 4.22. The van der Waals surface area contributed by atoms with E-state index in [0.29, 0.717) is 0 Å². The predicted octanol–water partition coefficient (Wildman–Crippen LogP) is 1.72. The average molecular weight is 176 g/mol. The summed E-state index contributed by atoms with van der Waals surface area (Å²) in [6, 6.07) is 0. The van der Waals surface area contributed by atoms with Crippen LogP contribution in [0.3, 0.4) is 0 Å². The third-order valence-electron chi connectivity index (χ3n) is 2.06. The molecule has 1 N–H and O–H groups in total. The Bertz CT molecular complexity index is 154. The summed E-state index contributed by atoms with van der Waals surface area (Å²) in [6.07, 6.45) is 2.40. The van der Waals surface area contributed by atoms with Gasteiger partial charge in [0.25, 0.3) is 6.36 Å². The highest BCUT2D eigenvalue weighted by Gasteiger charge is 2.23. The molecule has 0 spiro atoms. The van der Waals surface area contributed by atoms with Crippen molar-refractivity contribution in [1.82, 2.24) is 0 Å². The Hall–Kier alpha value is -0.640. The van der Waals surface area contributed by atoms with Gasteiger partial charge in [-0.3, -0.25) is 0 Å². The minimum Gasteiger partial charge on any atom is -0.477 e. The second-order valence-electron chi connectivity index (χ2n) is 3.05. The van der Waals surface area contributed by atoms with Crippen molar-refractivity contribution in [2.45, 2.75) is 44.6 Å². The maximum absolute atomic E-state index is 12.5. The molecule has 0 aromatic carbocycles. The predicted molar refractivity (Wildman–Crippen MR) is 40.5 cm³/mol. The van der Waals surface area contributed by atoms with Gasteiger partial charge in [-0.1, -0.05) is 19.3 Å². The van der Waals surface area contributed by atoms with Gasteiger partial charge in [0.05, 0.1) is 6.10 Å². The minimum absolute atomic E-state index is 0.190. The van der Waals surface area contributed by atoms with E-state index in [-0.39, 0.29) is 6.10 Å². The van der Waals surface area contributed by atoms with E-state index in [0.717, 1.165) is 32.1 Å². The summed E-state index contributed by atoms with van der Waals surface area (Å²) >= 11 is 0. The lowest BCUT2D eigenvalue weighted by molar-refractivity contribution is -0.172. The molecule has 12 heavy (non-hydrogen) atoms. The molecule has 0 amide bonds. The van der Waals surface area contributed by atoms with E-state index in [2.05, 4.69) is 4.74 Å². The van der Waals surface area contributed by atoms with Gasteiger partial charge in [-0.25, -0.2) is 9.18 Å². The van der Waals surface area contributed by atoms with Crippen LogP contribution in [-0.4, -0.2) is 23.5 Å². The summed E-state index contributed by atoms with van der Waals surface area (Å²) in [5.74, 6) is -1.53. The first-order valence-corrected chi connectivity index (χ1v) is 4.22. The number of carboxylic acid groups (broad SMARTS) is 1. The lowest BCUT2D eigenvalue weighted by Gasteiger charge is -2.22. The van der Waals surface area contributed by atoms with Crippen LogP contribution in [0, 0.1) is 0 Å². The Morgan fingerprint density at radius 3 is 2.50 bits per heavy atom. The lowest BCUT2D eigenvalue weighted by Crippen LogP contribution is -2.26. The first-order chi connectivity index (χ1) is 5.70. The lowest BCUT2D eigenvalue weighted by atomic mass is 9.98. The molecule has 70 valence electrons. The zero-order chi connectivity index (χ0) is 8.97. The first kappa shape index (κ1) is 9.45. The molecule has 1 aliphatic rings. The Labute approximate surface area is 70.5 Å². The van der Waals surface area contributed by atoms with Gasteiger partial charge in [-0.2, -0.15) is 0 Å². The third kappa shape index (κ3) is 2.77. The minimum atomic E-state index is -2.15. The molecule has 4 heteroatoms. The summed E-state index contributed by atoms with van der Waals surface area (Å²) in [6.45, 7) is 0. The summed E-state index contributed by atoms with van der Waals surface area (Å²) in [4.78, 5) is 10.1. The van der Waals surface area contributed by atoms with Crippen LogP contribution in [-0.2, 0) is 9.53 Å². The SMILES string of the molecule is O=C(O)C(F)OC1CCCCC1. The van der Waals surface area contributed by atoms with Gasteiger partial charge >= 0.3 is 5.97 Å². The van der Waals surface area contributed by atoms with E-state index in [1.54, 1.807) is 0 Å².